The van der Waals surface area contributed by atoms with Gasteiger partial charge in [-0.3, -0.25) is 0 Å². The Balaban J connectivity index is 2.18. The van der Waals surface area contributed by atoms with Crippen molar-refractivity contribution in [3.8, 4) is 5.75 Å². The number of para-hydroxylation sites is 1. The van der Waals surface area contributed by atoms with E-state index in [1.165, 1.54) is 7.11 Å². The molecule has 0 aliphatic carbocycles. The van der Waals surface area contributed by atoms with E-state index in [0.717, 1.165) is 0 Å². The molecule has 0 spiro atoms. The van der Waals surface area contributed by atoms with Gasteiger partial charge in [0.1, 0.15) is 5.75 Å². The molecule has 0 radical (unpaired) electrons. The quantitative estimate of drug-likeness (QED) is 0.829. The summed E-state index contributed by atoms with van der Waals surface area (Å²) in [7, 11) is 1.54. The second-order valence-corrected chi connectivity index (χ2v) is 3.81. The van der Waals surface area contributed by atoms with Crippen LogP contribution < -0.4 is 4.74 Å². The number of hydrogen-bond donors (Lipinski definition) is 2. The summed E-state index contributed by atoms with van der Waals surface area (Å²) in [6.07, 6.45) is -1.09. The van der Waals surface area contributed by atoms with Gasteiger partial charge in [0.05, 0.1) is 7.11 Å². The second-order valence-electron chi connectivity index (χ2n) is 3.81. The number of aliphatic hydroxyl groups excluding tert-OH is 1. The van der Waals surface area contributed by atoms with E-state index >= 15 is 0 Å². The van der Waals surface area contributed by atoms with Crippen LogP contribution in [0, 0.1) is 0 Å². The molecule has 1 heterocycles. The van der Waals surface area contributed by atoms with E-state index in [1.54, 1.807) is 18.2 Å². The Morgan fingerprint density at radius 1 is 1.56 bits per heavy atom. The maximum absolute atomic E-state index is 10.5. The molecule has 6 nitrogen and oxygen atoms in total. The van der Waals surface area contributed by atoms with Crippen LogP contribution in [0.3, 0.4) is 0 Å². The summed E-state index contributed by atoms with van der Waals surface area (Å²) in [5.74, 6) is -0.264. The van der Waals surface area contributed by atoms with E-state index in [0.29, 0.717) is 22.7 Å². The van der Waals surface area contributed by atoms with E-state index < -0.39 is 12.1 Å². The summed E-state index contributed by atoms with van der Waals surface area (Å²) in [6, 6.07) is 5.30. The van der Waals surface area contributed by atoms with Crippen LogP contribution in [0.25, 0.3) is 11.1 Å². The predicted molar refractivity (Wildman–Crippen MR) is 62.5 cm³/mol. The Morgan fingerprint density at radius 3 is 3.00 bits per heavy atom. The molecule has 2 aromatic rings. The van der Waals surface area contributed by atoms with Gasteiger partial charge in [0.2, 0.25) is 0 Å². The van der Waals surface area contributed by atoms with Crippen LogP contribution in [-0.2, 0) is 11.2 Å². The molecule has 0 saturated carbocycles. The Hall–Kier alpha value is -2.08. The molecule has 1 aromatic carbocycles. The normalized spacial score (nSPS) is 12.6. The molecule has 0 saturated heterocycles. The molecule has 6 heteroatoms. The lowest BCUT2D eigenvalue weighted by molar-refractivity contribution is -0.146. The van der Waals surface area contributed by atoms with Crippen LogP contribution in [0.15, 0.2) is 22.6 Å². The van der Waals surface area contributed by atoms with Gasteiger partial charge in [0.15, 0.2) is 23.1 Å². The number of benzene rings is 1. The molecule has 1 atom stereocenters. The van der Waals surface area contributed by atoms with Crippen molar-refractivity contribution in [1.82, 2.24) is 4.98 Å². The number of carboxylic acids is 1. The number of carbonyl (C=O) groups is 1. The van der Waals surface area contributed by atoms with Crippen LogP contribution in [0.5, 0.6) is 5.75 Å². The van der Waals surface area contributed by atoms with Gasteiger partial charge in [-0.05, 0) is 18.6 Å². The first kappa shape index (κ1) is 12.4. The number of oxazole rings is 1. The van der Waals surface area contributed by atoms with Crippen molar-refractivity contribution in [3.63, 3.8) is 0 Å². The smallest absolute Gasteiger partial charge is 0.332 e. The summed E-state index contributed by atoms with van der Waals surface area (Å²) >= 11 is 0. The number of methoxy groups -OCH3 is 1. The molecule has 0 aliphatic rings. The summed E-state index contributed by atoms with van der Waals surface area (Å²) in [5.41, 5.74) is 1.17. The van der Waals surface area contributed by atoms with E-state index in [-0.39, 0.29) is 12.8 Å². The predicted octanol–water partition coefficient (Wildman–Crippen LogP) is 1.21. The maximum atomic E-state index is 10.5. The average molecular weight is 251 g/mol. The van der Waals surface area contributed by atoms with Crippen molar-refractivity contribution >= 4 is 17.1 Å². The van der Waals surface area contributed by atoms with Crippen molar-refractivity contribution < 1.29 is 24.2 Å². The largest absolute Gasteiger partial charge is 0.494 e. The molecule has 2 rings (SSSR count). The standard InChI is InChI=1S/C12H13NO5/c1-17-8-3-2-4-9-11(8)13-10(18-9)6-5-7(14)12(15)16/h2-4,7,14H,5-6H2,1H3,(H,15,16). The van der Waals surface area contributed by atoms with E-state index in [1.807, 2.05) is 0 Å². The summed E-state index contributed by atoms with van der Waals surface area (Å²) in [4.78, 5) is 14.7. The second kappa shape index (κ2) is 5.05. The number of nitrogens with zero attached hydrogens (tertiary/aromatic N) is 1. The minimum absolute atomic E-state index is 0.0600. The highest BCUT2D eigenvalue weighted by Crippen LogP contribution is 2.25. The highest BCUT2D eigenvalue weighted by Gasteiger charge is 2.16. The van der Waals surface area contributed by atoms with Gasteiger partial charge < -0.3 is 19.4 Å². The Bertz CT molecular complexity index is 563. The lowest BCUT2D eigenvalue weighted by Gasteiger charge is -2.01. The van der Waals surface area contributed by atoms with Gasteiger partial charge in [-0.15, -0.1) is 0 Å². The summed E-state index contributed by atoms with van der Waals surface area (Å²) in [5, 5.41) is 17.7. The number of aliphatic hydroxyl groups is 1. The number of carboxylic acid groups (broad SMARTS) is 1. The minimum Gasteiger partial charge on any atom is -0.494 e. The summed E-state index contributed by atoms with van der Waals surface area (Å²) < 4.78 is 10.6. The number of aryl methyl sites for hydroxylation is 1. The van der Waals surface area contributed by atoms with Crippen molar-refractivity contribution in [3.05, 3.63) is 24.1 Å². The zero-order valence-corrected chi connectivity index (χ0v) is 9.79. The van der Waals surface area contributed by atoms with Gasteiger partial charge in [-0.1, -0.05) is 6.07 Å². The van der Waals surface area contributed by atoms with Gasteiger partial charge in [-0.25, -0.2) is 9.78 Å². The van der Waals surface area contributed by atoms with Crippen molar-refractivity contribution in [1.29, 1.82) is 0 Å². The molecule has 0 amide bonds. The number of aromatic nitrogens is 1. The molecule has 0 aliphatic heterocycles. The molecule has 0 bridgehead atoms. The molecule has 0 fully saturated rings. The number of ether oxygens (including phenoxy) is 1. The van der Waals surface area contributed by atoms with E-state index in [9.17, 15) is 4.79 Å². The van der Waals surface area contributed by atoms with E-state index in [4.69, 9.17) is 19.4 Å². The first-order chi connectivity index (χ1) is 8.61. The molecule has 96 valence electrons. The van der Waals surface area contributed by atoms with Crippen LogP contribution in [-0.4, -0.2) is 34.4 Å². The minimum atomic E-state index is -1.40. The lowest BCUT2D eigenvalue weighted by atomic mass is 10.2. The Labute approximate surface area is 103 Å². The number of fused-ring (bicyclic) bond motifs is 1. The SMILES string of the molecule is COc1cccc2oc(CCC(O)C(=O)O)nc12. The Morgan fingerprint density at radius 2 is 2.33 bits per heavy atom. The molecule has 2 N–H and O–H groups in total. The third-order valence-electron chi connectivity index (χ3n) is 2.56. The fourth-order valence-corrected chi connectivity index (χ4v) is 1.62. The highest BCUT2D eigenvalue weighted by atomic mass is 16.5. The monoisotopic (exact) mass is 251 g/mol. The van der Waals surface area contributed by atoms with E-state index in [2.05, 4.69) is 4.98 Å². The van der Waals surface area contributed by atoms with Crippen LogP contribution in [0.1, 0.15) is 12.3 Å². The topological polar surface area (TPSA) is 92.8 Å². The fraction of sp³-hybridized carbons (Fsp3) is 0.333. The van der Waals surface area contributed by atoms with Gasteiger partial charge in [0, 0.05) is 6.42 Å². The van der Waals surface area contributed by atoms with Gasteiger partial charge >= 0.3 is 5.97 Å². The highest BCUT2D eigenvalue weighted by molar-refractivity contribution is 5.79. The number of hydrogen-bond acceptors (Lipinski definition) is 5. The third-order valence-corrected chi connectivity index (χ3v) is 2.56. The van der Waals surface area contributed by atoms with Crippen molar-refractivity contribution in [2.75, 3.05) is 7.11 Å². The van der Waals surface area contributed by atoms with Crippen molar-refractivity contribution in [2.24, 2.45) is 0 Å². The third kappa shape index (κ3) is 2.43. The molecule has 1 unspecified atom stereocenters. The number of rotatable bonds is 5. The molecule has 1 aromatic heterocycles. The van der Waals surface area contributed by atoms with Crippen molar-refractivity contribution in [2.45, 2.75) is 18.9 Å². The van der Waals surface area contributed by atoms with Crippen LogP contribution in [0.4, 0.5) is 0 Å². The van der Waals surface area contributed by atoms with Crippen LogP contribution >= 0.6 is 0 Å². The zero-order chi connectivity index (χ0) is 13.1. The lowest BCUT2D eigenvalue weighted by Crippen LogP contribution is -2.19. The Kier molecular flexibility index (Phi) is 3.47. The summed E-state index contributed by atoms with van der Waals surface area (Å²) in [6.45, 7) is 0. The van der Waals surface area contributed by atoms with Crippen LogP contribution in [0.2, 0.25) is 0 Å². The molecule has 18 heavy (non-hydrogen) atoms. The zero-order valence-electron chi connectivity index (χ0n) is 9.79. The molecular formula is C12H13NO5. The first-order valence-electron chi connectivity index (χ1n) is 5.45. The van der Waals surface area contributed by atoms with Gasteiger partial charge in [-0.2, -0.15) is 0 Å². The van der Waals surface area contributed by atoms with Gasteiger partial charge in [0.25, 0.3) is 0 Å². The number of aliphatic carboxylic acids is 1. The first-order valence-corrected chi connectivity index (χ1v) is 5.45. The molecular weight excluding hydrogens is 238 g/mol. The fourth-order valence-electron chi connectivity index (χ4n) is 1.62. The average Bonchev–Trinajstić information content (AvgIpc) is 2.78. The maximum Gasteiger partial charge on any atom is 0.332 e.